The lowest BCUT2D eigenvalue weighted by atomic mass is 9.98. The maximum Gasteiger partial charge on any atom is 0.416 e. The monoisotopic (exact) mass is 361 g/mol. The van der Waals surface area contributed by atoms with Crippen LogP contribution in [0.25, 0.3) is 0 Å². The summed E-state index contributed by atoms with van der Waals surface area (Å²) >= 11 is 3.22. The van der Waals surface area contributed by atoms with Crippen molar-refractivity contribution in [3.05, 3.63) is 69.4 Å². The van der Waals surface area contributed by atoms with Crippen molar-refractivity contribution in [2.45, 2.75) is 18.6 Å². The summed E-state index contributed by atoms with van der Waals surface area (Å²) in [6.45, 7) is 0. The molecule has 0 spiro atoms. The Morgan fingerprint density at radius 2 is 1.81 bits per heavy atom. The van der Waals surface area contributed by atoms with Crippen LogP contribution in [0.4, 0.5) is 17.6 Å². The zero-order valence-corrected chi connectivity index (χ0v) is 12.4. The van der Waals surface area contributed by atoms with Gasteiger partial charge < -0.3 is 5.73 Å². The molecule has 0 aliphatic heterocycles. The molecule has 1 unspecified atom stereocenters. The Balaban J connectivity index is 2.23. The van der Waals surface area contributed by atoms with Gasteiger partial charge in [-0.25, -0.2) is 4.39 Å². The first kappa shape index (κ1) is 16.0. The normalized spacial score (nSPS) is 13.2. The van der Waals surface area contributed by atoms with Crippen molar-refractivity contribution in [2.75, 3.05) is 0 Å². The maximum atomic E-state index is 13.7. The van der Waals surface area contributed by atoms with Gasteiger partial charge in [-0.1, -0.05) is 34.1 Å². The van der Waals surface area contributed by atoms with Crippen molar-refractivity contribution in [2.24, 2.45) is 5.73 Å². The average Bonchev–Trinajstić information content (AvgIpc) is 2.41. The topological polar surface area (TPSA) is 26.0 Å². The molecule has 2 aromatic carbocycles. The molecule has 0 heterocycles. The van der Waals surface area contributed by atoms with E-state index < -0.39 is 23.6 Å². The number of halogens is 5. The van der Waals surface area contributed by atoms with Crippen LogP contribution in [0.1, 0.15) is 22.7 Å². The fraction of sp³-hybridized carbons (Fsp3) is 0.200. The second-order valence-electron chi connectivity index (χ2n) is 4.67. The number of hydrogen-bond donors (Lipinski definition) is 1. The van der Waals surface area contributed by atoms with Crippen molar-refractivity contribution in [1.82, 2.24) is 0 Å². The van der Waals surface area contributed by atoms with Crippen LogP contribution in [0.5, 0.6) is 0 Å². The standard InChI is InChI=1S/C15H12BrF4N/c16-11-4-5-13(17)12(8-11)14(21)7-9-2-1-3-10(6-9)15(18,19)20/h1-6,8,14H,7,21H2. The number of rotatable bonds is 3. The van der Waals surface area contributed by atoms with Crippen LogP contribution in [0.15, 0.2) is 46.9 Å². The second-order valence-corrected chi connectivity index (χ2v) is 5.59. The molecule has 2 N–H and O–H groups in total. The lowest BCUT2D eigenvalue weighted by Gasteiger charge is -2.15. The molecule has 0 fully saturated rings. The van der Waals surface area contributed by atoms with E-state index in [2.05, 4.69) is 15.9 Å². The zero-order chi connectivity index (χ0) is 15.6. The maximum absolute atomic E-state index is 13.7. The molecule has 0 radical (unpaired) electrons. The summed E-state index contributed by atoms with van der Waals surface area (Å²) in [6, 6.07) is 8.53. The molecule has 0 saturated carbocycles. The Bertz CT molecular complexity index is 640. The van der Waals surface area contributed by atoms with E-state index in [-0.39, 0.29) is 12.0 Å². The Hall–Kier alpha value is -1.40. The van der Waals surface area contributed by atoms with Gasteiger partial charge in [0.25, 0.3) is 0 Å². The van der Waals surface area contributed by atoms with E-state index in [0.717, 1.165) is 12.1 Å². The van der Waals surface area contributed by atoms with Gasteiger partial charge in [0.1, 0.15) is 5.82 Å². The summed E-state index contributed by atoms with van der Waals surface area (Å²) < 4.78 is 52.3. The third-order valence-corrected chi connectivity index (χ3v) is 3.56. The Morgan fingerprint density at radius 1 is 1.10 bits per heavy atom. The third kappa shape index (κ3) is 4.04. The number of nitrogens with two attached hydrogens (primary N) is 1. The largest absolute Gasteiger partial charge is 0.416 e. The summed E-state index contributed by atoms with van der Waals surface area (Å²) in [5, 5.41) is 0. The predicted octanol–water partition coefficient (Wildman–Crippen LogP) is 4.85. The van der Waals surface area contributed by atoms with Crippen LogP contribution in [0.2, 0.25) is 0 Å². The summed E-state index contributed by atoms with van der Waals surface area (Å²) in [5.74, 6) is -0.474. The SMILES string of the molecule is NC(Cc1cccc(C(F)(F)F)c1)c1cc(Br)ccc1F. The van der Waals surface area contributed by atoms with E-state index in [1.165, 1.54) is 24.3 Å². The number of alkyl halides is 3. The van der Waals surface area contributed by atoms with Crippen LogP contribution < -0.4 is 5.73 Å². The van der Waals surface area contributed by atoms with Crippen molar-refractivity contribution < 1.29 is 17.6 Å². The quantitative estimate of drug-likeness (QED) is 0.777. The molecular weight excluding hydrogens is 350 g/mol. The molecule has 0 aliphatic carbocycles. The highest BCUT2D eigenvalue weighted by Gasteiger charge is 2.30. The van der Waals surface area contributed by atoms with Crippen LogP contribution in [0.3, 0.4) is 0 Å². The minimum atomic E-state index is -4.40. The minimum Gasteiger partial charge on any atom is -0.324 e. The van der Waals surface area contributed by atoms with Crippen molar-refractivity contribution in [3.63, 3.8) is 0 Å². The first-order valence-corrected chi connectivity index (χ1v) is 6.93. The fourth-order valence-electron chi connectivity index (χ4n) is 2.04. The highest BCUT2D eigenvalue weighted by Crippen LogP contribution is 2.30. The molecule has 0 bridgehead atoms. The van der Waals surface area contributed by atoms with Gasteiger partial charge >= 0.3 is 6.18 Å². The molecule has 0 amide bonds. The van der Waals surface area contributed by atoms with Crippen LogP contribution >= 0.6 is 15.9 Å². The Morgan fingerprint density at radius 3 is 2.48 bits per heavy atom. The van der Waals surface area contributed by atoms with Gasteiger partial charge in [0.15, 0.2) is 0 Å². The van der Waals surface area contributed by atoms with E-state index >= 15 is 0 Å². The second kappa shape index (κ2) is 6.15. The van der Waals surface area contributed by atoms with Crippen LogP contribution in [0, 0.1) is 5.82 Å². The van der Waals surface area contributed by atoms with Crippen molar-refractivity contribution in [1.29, 1.82) is 0 Å². The molecule has 0 saturated heterocycles. The predicted molar refractivity (Wildman–Crippen MR) is 76.2 cm³/mol. The zero-order valence-electron chi connectivity index (χ0n) is 10.8. The van der Waals surface area contributed by atoms with Gasteiger partial charge in [0.05, 0.1) is 5.56 Å². The number of hydrogen-bond acceptors (Lipinski definition) is 1. The highest BCUT2D eigenvalue weighted by molar-refractivity contribution is 9.10. The molecule has 2 rings (SSSR count). The molecule has 112 valence electrons. The lowest BCUT2D eigenvalue weighted by Crippen LogP contribution is -2.15. The summed E-state index contributed by atoms with van der Waals surface area (Å²) in [7, 11) is 0. The summed E-state index contributed by atoms with van der Waals surface area (Å²) in [5.41, 5.74) is 5.86. The molecule has 21 heavy (non-hydrogen) atoms. The van der Waals surface area contributed by atoms with Gasteiger partial charge in [0.2, 0.25) is 0 Å². The molecule has 1 nitrogen and oxygen atoms in total. The smallest absolute Gasteiger partial charge is 0.324 e. The average molecular weight is 362 g/mol. The van der Waals surface area contributed by atoms with Gasteiger partial charge in [-0.2, -0.15) is 13.2 Å². The van der Waals surface area contributed by atoms with E-state index in [9.17, 15) is 17.6 Å². The third-order valence-electron chi connectivity index (χ3n) is 3.07. The van der Waals surface area contributed by atoms with Gasteiger partial charge in [-0.15, -0.1) is 0 Å². The fourth-order valence-corrected chi connectivity index (χ4v) is 2.42. The Labute approximate surface area is 127 Å². The van der Waals surface area contributed by atoms with E-state index in [4.69, 9.17) is 5.73 Å². The van der Waals surface area contributed by atoms with Gasteiger partial charge in [-0.3, -0.25) is 0 Å². The van der Waals surface area contributed by atoms with E-state index in [1.807, 2.05) is 0 Å². The minimum absolute atomic E-state index is 0.122. The van der Waals surface area contributed by atoms with Crippen molar-refractivity contribution in [3.8, 4) is 0 Å². The Kier molecular flexibility index (Phi) is 4.68. The first-order valence-electron chi connectivity index (χ1n) is 6.14. The molecular formula is C15H12BrF4N. The van der Waals surface area contributed by atoms with Gasteiger partial charge in [-0.05, 0) is 36.2 Å². The van der Waals surface area contributed by atoms with E-state index in [0.29, 0.717) is 10.0 Å². The molecule has 2 aromatic rings. The summed E-state index contributed by atoms with van der Waals surface area (Å²) in [4.78, 5) is 0. The highest BCUT2D eigenvalue weighted by atomic mass is 79.9. The molecule has 0 aliphatic rings. The molecule has 0 aromatic heterocycles. The first-order chi connectivity index (χ1) is 9.77. The van der Waals surface area contributed by atoms with E-state index in [1.54, 1.807) is 6.07 Å². The van der Waals surface area contributed by atoms with Crippen molar-refractivity contribution >= 4 is 15.9 Å². The van der Waals surface area contributed by atoms with Crippen LogP contribution in [-0.2, 0) is 12.6 Å². The summed E-state index contributed by atoms with van der Waals surface area (Å²) in [6.07, 6.45) is -4.28. The molecule has 1 atom stereocenters. The van der Waals surface area contributed by atoms with Crippen LogP contribution in [-0.4, -0.2) is 0 Å². The lowest BCUT2D eigenvalue weighted by molar-refractivity contribution is -0.137. The van der Waals surface area contributed by atoms with Gasteiger partial charge in [0, 0.05) is 16.1 Å². The number of benzene rings is 2. The molecule has 6 heteroatoms.